The van der Waals surface area contributed by atoms with Gasteiger partial charge in [-0.1, -0.05) is 11.2 Å². The highest BCUT2D eigenvalue weighted by molar-refractivity contribution is 7.13. The van der Waals surface area contributed by atoms with Crippen LogP contribution in [0.3, 0.4) is 0 Å². The number of ether oxygens (including phenoxy) is 2. The summed E-state index contributed by atoms with van der Waals surface area (Å²) >= 11 is 1.53. The van der Waals surface area contributed by atoms with Crippen LogP contribution in [0.15, 0.2) is 52.4 Å². The zero-order valence-electron chi connectivity index (χ0n) is 13.0. The molecule has 0 spiro atoms. The second kappa shape index (κ2) is 7.65. The Kier molecular flexibility index (Phi) is 5.12. The maximum absolute atomic E-state index is 12.0. The molecule has 3 aromatic rings. The van der Waals surface area contributed by atoms with E-state index in [1.807, 2.05) is 41.8 Å². The van der Waals surface area contributed by atoms with Crippen LogP contribution in [0.5, 0.6) is 11.5 Å². The molecule has 2 aromatic heterocycles. The fraction of sp³-hybridized carbons (Fsp3) is 0.176. The largest absolute Gasteiger partial charge is 0.497 e. The van der Waals surface area contributed by atoms with Gasteiger partial charge in [-0.25, -0.2) is 0 Å². The normalized spacial score (nSPS) is 10.4. The number of nitrogens with one attached hydrogen (secondary N) is 1. The molecule has 24 heavy (non-hydrogen) atoms. The molecule has 124 valence electrons. The molecule has 7 heteroatoms. The molecule has 0 saturated heterocycles. The molecular formula is C17H16N2O4S. The zero-order valence-corrected chi connectivity index (χ0v) is 13.8. The van der Waals surface area contributed by atoms with Crippen LogP contribution in [0, 0.1) is 0 Å². The Hall–Kier alpha value is -2.80. The van der Waals surface area contributed by atoms with Gasteiger partial charge < -0.3 is 19.3 Å². The minimum Gasteiger partial charge on any atom is -0.497 e. The van der Waals surface area contributed by atoms with Gasteiger partial charge in [-0.3, -0.25) is 4.79 Å². The fourth-order valence-electron chi connectivity index (χ4n) is 2.01. The molecule has 0 aliphatic carbocycles. The zero-order chi connectivity index (χ0) is 16.8. The number of benzene rings is 1. The quantitative estimate of drug-likeness (QED) is 0.666. The summed E-state index contributed by atoms with van der Waals surface area (Å²) in [5, 5.41) is 8.47. The summed E-state index contributed by atoms with van der Waals surface area (Å²) in [5.41, 5.74) is 0.253. The van der Waals surface area contributed by atoms with Gasteiger partial charge in [0.15, 0.2) is 11.5 Å². The van der Waals surface area contributed by atoms with Crippen molar-refractivity contribution in [1.82, 2.24) is 10.5 Å². The number of carbonyl (C=O) groups excluding carboxylic acids is 1. The first-order valence-corrected chi connectivity index (χ1v) is 8.20. The Morgan fingerprint density at radius 3 is 2.75 bits per heavy atom. The number of hydrogen-bond acceptors (Lipinski definition) is 6. The molecular weight excluding hydrogens is 328 g/mol. The van der Waals surface area contributed by atoms with E-state index in [9.17, 15) is 4.79 Å². The summed E-state index contributed by atoms with van der Waals surface area (Å²) in [6.45, 7) is 0.722. The van der Waals surface area contributed by atoms with Crippen LogP contribution in [0.4, 0.5) is 0 Å². The van der Waals surface area contributed by atoms with E-state index in [-0.39, 0.29) is 11.6 Å². The lowest BCUT2D eigenvalue weighted by Gasteiger charge is -2.07. The number of hydrogen-bond donors (Lipinski definition) is 1. The van der Waals surface area contributed by atoms with E-state index in [2.05, 4.69) is 10.5 Å². The lowest BCUT2D eigenvalue weighted by molar-refractivity contribution is 0.0938. The van der Waals surface area contributed by atoms with Gasteiger partial charge in [-0.05, 0) is 35.7 Å². The van der Waals surface area contributed by atoms with Gasteiger partial charge in [0, 0.05) is 6.07 Å². The minimum atomic E-state index is -0.292. The highest BCUT2D eigenvalue weighted by Crippen LogP contribution is 2.25. The highest BCUT2D eigenvalue weighted by Gasteiger charge is 2.13. The van der Waals surface area contributed by atoms with Gasteiger partial charge in [0.1, 0.15) is 18.1 Å². The van der Waals surface area contributed by atoms with Gasteiger partial charge in [0.25, 0.3) is 5.91 Å². The molecule has 0 unspecified atom stereocenters. The number of rotatable bonds is 7. The predicted molar refractivity (Wildman–Crippen MR) is 90.6 cm³/mol. The van der Waals surface area contributed by atoms with Gasteiger partial charge in [-0.2, -0.15) is 0 Å². The van der Waals surface area contributed by atoms with Crippen molar-refractivity contribution >= 4 is 17.2 Å². The Morgan fingerprint density at radius 1 is 1.25 bits per heavy atom. The molecule has 0 radical (unpaired) electrons. The molecule has 0 fully saturated rings. The predicted octanol–water partition coefficient (Wildman–Crippen LogP) is 3.22. The molecule has 0 aliphatic rings. The standard InChI is InChI=1S/C17H16N2O4S/c1-21-12-4-6-13(7-5-12)22-9-8-18-17(20)14-11-15(23-19-14)16-3-2-10-24-16/h2-7,10-11H,8-9H2,1H3,(H,18,20). The van der Waals surface area contributed by atoms with Gasteiger partial charge in [-0.15, -0.1) is 11.3 Å². The molecule has 6 nitrogen and oxygen atoms in total. The van der Waals surface area contributed by atoms with Crippen LogP contribution < -0.4 is 14.8 Å². The monoisotopic (exact) mass is 344 g/mol. The van der Waals surface area contributed by atoms with E-state index in [1.165, 1.54) is 11.3 Å². The third kappa shape index (κ3) is 3.94. The lowest BCUT2D eigenvalue weighted by Crippen LogP contribution is -2.28. The number of methoxy groups -OCH3 is 1. The first-order valence-electron chi connectivity index (χ1n) is 7.32. The van der Waals surface area contributed by atoms with E-state index in [0.717, 1.165) is 10.6 Å². The van der Waals surface area contributed by atoms with E-state index in [0.29, 0.717) is 24.7 Å². The van der Waals surface area contributed by atoms with Crippen LogP contribution in [-0.4, -0.2) is 31.3 Å². The van der Waals surface area contributed by atoms with E-state index >= 15 is 0 Å². The summed E-state index contributed by atoms with van der Waals surface area (Å²) in [7, 11) is 1.61. The maximum atomic E-state index is 12.0. The van der Waals surface area contributed by atoms with E-state index in [4.69, 9.17) is 14.0 Å². The van der Waals surface area contributed by atoms with Crippen molar-refractivity contribution in [3.05, 3.63) is 53.5 Å². The topological polar surface area (TPSA) is 73.6 Å². The molecule has 0 aliphatic heterocycles. The second-order valence-corrected chi connectivity index (χ2v) is 5.78. The average Bonchev–Trinajstić information content (AvgIpc) is 3.30. The van der Waals surface area contributed by atoms with Crippen molar-refractivity contribution in [2.24, 2.45) is 0 Å². The Morgan fingerprint density at radius 2 is 2.04 bits per heavy atom. The van der Waals surface area contributed by atoms with Gasteiger partial charge in [0.2, 0.25) is 0 Å². The molecule has 2 heterocycles. The number of aromatic nitrogens is 1. The van der Waals surface area contributed by atoms with Crippen LogP contribution in [0.1, 0.15) is 10.5 Å². The molecule has 3 rings (SSSR count). The summed E-state index contributed by atoms with van der Waals surface area (Å²) in [4.78, 5) is 13.0. The Labute approximate surface area is 143 Å². The molecule has 1 N–H and O–H groups in total. The summed E-state index contributed by atoms with van der Waals surface area (Å²) in [6, 6.07) is 12.7. The summed E-state index contributed by atoms with van der Waals surface area (Å²) in [6.07, 6.45) is 0. The van der Waals surface area contributed by atoms with Crippen molar-refractivity contribution < 1.29 is 18.8 Å². The fourth-order valence-corrected chi connectivity index (χ4v) is 2.69. The molecule has 1 aromatic carbocycles. The van der Waals surface area contributed by atoms with Crippen LogP contribution in [-0.2, 0) is 0 Å². The number of nitrogens with zero attached hydrogens (tertiary/aromatic N) is 1. The highest BCUT2D eigenvalue weighted by atomic mass is 32.1. The van der Waals surface area contributed by atoms with Crippen molar-refractivity contribution in [2.45, 2.75) is 0 Å². The SMILES string of the molecule is COc1ccc(OCCNC(=O)c2cc(-c3cccs3)on2)cc1. The molecule has 0 saturated carbocycles. The van der Waals surface area contributed by atoms with Gasteiger partial charge in [0.05, 0.1) is 18.5 Å². The Bertz CT molecular complexity index is 781. The maximum Gasteiger partial charge on any atom is 0.273 e. The van der Waals surface area contributed by atoms with Crippen LogP contribution >= 0.6 is 11.3 Å². The third-order valence-corrected chi connectivity index (χ3v) is 4.11. The van der Waals surface area contributed by atoms with Crippen molar-refractivity contribution in [3.63, 3.8) is 0 Å². The molecule has 0 atom stereocenters. The molecule has 0 bridgehead atoms. The summed E-state index contributed by atoms with van der Waals surface area (Å²) in [5.74, 6) is 1.78. The minimum absolute atomic E-state index is 0.253. The van der Waals surface area contributed by atoms with E-state index < -0.39 is 0 Å². The van der Waals surface area contributed by atoms with Crippen molar-refractivity contribution in [1.29, 1.82) is 0 Å². The average molecular weight is 344 g/mol. The number of amides is 1. The van der Waals surface area contributed by atoms with Crippen molar-refractivity contribution in [3.8, 4) is 22.1 Å². The third-order valence-electron chi connectivity index (χ3n) is 3.22. The number of carbonyl (C=O) groups is 1. The first kappa shape index (κ1) is 16.1. The van der Waals surface area contributed by atoms with Crippen LogP contribution in [0.2, 0.25) is 0 Å². The van der Waals surface area contributed by atoms with E-state index in [1.54, 1.807) is 13.2 Å². The molecule has 1 amide bonds. The first-order chi connectivity index (χ1) is 11.8. The lowest BCUT2D eigenvalue weighted by atomic mass is 10.3. The summed E-state index contributed by atoms with van der Waals surface area (Å²) < 4.78 is 15.8. The van der Waals surface area contributed by atoms with Crippen molar-refractivity contribution in [2.75, 3.05) is 20.3 Å². The number of thiophene rings is 1. The smallest absolute Gasteiger partial charge is 0.273 e. The van der Waals surface area contributed by atoms with Gasteiger partial charge >= 0.3 is 0 Å². The second-order valence-electron chi connectivity index (χ2n) is 4.83. The Balaban J connectivity index is 1.45. The van der Waals surface area contributed by atoms with Crippen LogP contribution in [0.25, 0.3) is 10.6 Å².